The first-order chi connectivity index (χ1) is 7.70. The highest BCUT2D eigenvalue weighted by Gasteiger charge is 2.29. The van der Waals surface area contributed by atoms with Gasteiger partial charge in [0, 0.05) is 6.26 Å². The van der Waals surface area contributed by atoms with Gasteiger partial charge in [0.2, 0.25) is 5.91 Å². The van der Waals surface area contributed by atoms with Crippen LogP contribution in [0.25, 0.3) is 0 Å². The lowest BCUT2D eigenvalue weighted by molar-refractivity contribution is -0.114. The van der Waals surface area contributed by atoms with Crippen LogP contribution in [-0.2, 0) is 24.5 Å². The van der Waals surface area contributed by atoms with Crippen LogP contribution in [0.4, 0.5) is 5.69 Å². The lowest BCUT2D eigenvalue weighted by atomic mass is 10.3. The van der Waals surface area contributed by atoms with Crippen LogP contribution < -0.4 is 5.32 Å². The molecule has 0 spiro atoms. The third kappa shape index (κ3) is 2.18. The Morgan fingerprint density at radius 3 is 2.53 bits per heavy atom. The van der Waals surface area contributed by atoms with E-state index in [9.17, 15) is 21.6 Å². The lowest BCUT2D eigenvalue weighted by Crippen LogP contribution is -2.29. The van der Waals surface area contributed by atoms with Crippen molar-refractivity contribution in [2.75, 3.05) is 17.3 Å². The molecule has 0 aromatic heterocycles. The number of benzene rings is 1. The Balaban J connectivity index is 2.70. The zero-order chi connectivity index (χ0) is 12.8. The van der Waals surface area contributed by atoms with Crippen LogP contribution in [0.5, 0.6) is 0 Å². The first kappa shape index (κ1) is 12.1. The summed E-state index contributed by atoms with van der Waals surface area (Å²) < 4.78 is 45.9. The number of hydrogen-bond acceptors (Lipinski definition) is 5. The van der Waals surface area contributed by atoms with Crippen molar-refractivity contribution in [2.45, 2.75) is 9.79 Å². The molecule has 92 valence electrons. The van der Waals surface area contributed by atoms with Crippen molar-refractivity contribution in [2.24, 2.45) is 0 Å². The Labute approximate surface area is 98.5 Å². The van der Waals surface area contributed by atoms with E-state index in [4.69, 9.17) is 0 Å². The molecule has 0 saturated carbocycles. The number of nitrogens with one attached hydrogen (secondary N) is 1. The molecule has 17 heavy (non-hydrogen) atoms. The van der Waals surface area contributed by atoms with Gasteiger partial charge in [-0.15, -0.1) is 0 Å². The van der Waals surface area contributed by atoms with Gasteiger partial charge in [0.1, 0.15) is 5.75 Å². The summed E-state index contributed by atoms with van der Waals surface area (Å²) in [5.41, 5.74) is 0.0178. The minimum atomic E-state index is -3.66. The first-order valence-corrected chi connectivity index (χ1v) is 8.11. The number of amides is 1. The van der Waals surface area contributed by atoms with E-state index in [2.05, 4.69) is 5.32 Å². The molecule has 1 aliphatic rings. The molecule has 1 N–H and O–H groups in total. The summed E-state index contributed by atoms with van der Waals surface area (Å²) in [7, 11) is -7.10. The van der Waals surface area contributed by atoms with E-state index >= 15 is 0 Å². The zero-order valence-electron chi connectivity index (χ0n) is 8.80. The van der Waals surface area contributed by atoms with E-state index in [0.717, 1.165) is 12.3 Å². The number of fused-ring (bicyclic) bond motifs is 1. The minimum absolute atomic E-state index is 0.0178. The average Bonchev–Trinajstić information content (AvgIpc) is 2.13. The summed E-state index contributed by atoms with van der Waals surface area (Å²) in [6, 6.07) is 3.56. The van der Waals surface area contributed by atoms with Crippen molar-refractivity contribution < 1.29 is 21.6 Å². The molecule has 0 saturated heterocycles. The van der Waals surface area contributed by atoms with Crippen molar-refractivity contribution in [1.82, 2.24) is 0 Å². The van der Waals surface area contributed by atoms with E-state index in [0.29, 0.717) is 0 Å². The van der Waals surface area contributed by atoms with Gasteiger partial charge < -0.3 is 5.32 Å². The Bertz CT molecular complexity index is 703. The minimum Gasteiger partial charge on any atom is -0.324 e. The van der Waals surface area contributed by atoms with Crippen molar-refractivity contribution in [3.8, 4) is 0 Å². The fourth-order valence-electron chi connectivity index (χ4n) is 1.55. The number of carbonyl (C=O) groups is 1. The second-order valence-corrected chi connectivity index (χ2v) is 7.71. The van der Waals surface area contributed by atoms with E-state index in [1.54, 1.807) is 0 Å². The molecule has 1 heterocycles. The summed E-state index contributed by atoms with van der Waals surface area (Å²) in [6.07, 6.45) is 1.01. The van der Waals surface area contributed by atoms with E-state index in [-0.39, 0.29) is 15.5 Å². The molecule has 1 aromatic rings. The van der Waals surface area contributed by atoms with Crippen LogP contribution in [0.15, 0.2) is 28.0 Å². The molecule has 0 unspecified atom stereocenters. The summed E-state index contributed by atoms with van der Waals surface area (Å²) in [6.45, 7) is 0. The number of carbonyl (C=O) groups excluding carboxylic acids is 1. The SMILES string of the molecule is CS(=O)(=O)c1ccc2c(c1)NC(=O)CS2(=O)=O. The summed E-state index contributed by atoms with van der Waals surface area (Å²) in [5.74, 6) is -1.28. The Kier molecular flexibility index (Phi) is 2.51. The smallest absolute Gasteiger partial charge is 0.239 e. The zero-order valence-corrected chi connectivity index (χ0v) is 10.4. The molecule has 1 aliphatic heterocycles. The van der Waals surface area contributed by atoms with Crippen LogP contribution in [-0.4, -0.2) is 34.8 Å². The summed E-state index contributed by atoms with van der Waals surface area (Å²) in [5, 5.41) is 2.35. The quantitative estimate of drug-likeness (QED) is 0.766. The molecular formula is C9H9NO5S2. The van der Waals surface area contributed by atoms with Crippen LogP contribution in [0.2, 0.25) is 0 Å². The van der Waals surface area contributed by atoms with Crippen LogP contribution in [0.3, 0.4) is 0 Å². The molecular weight excluding hydrogens is 266 g/mol. The maximum absolute atomic E-state index is 11.6. The lowest BCUT2D eigenvalue weighted by Gasteiger charge is -2.17. The van der Waals surface area contributed by atoms with Gasteiger partial charge >= 0.3 is 0 Å². The normalized spacial score (nSPS) is 18.3. The van der Waals surface area contributed by atoms with Crippen molar-refractivity contribution in [1.29, 1.82) is 0 Å². The molecule has 0 radical (unpaired) electrons. The molecule has 0 fully saturated rings. The van der Waals surface area contributed by atoms with E-state index < -0.39 is 31.3 Å². The van der Waals surface area contributed by atoms with E-state index in [1.165, 1.54) is 12.1 Å². The molecule has 1 amide bonds. The van der Waals surface area contributed by atoms with Crippen molar-refractivity contribution in [3.05, 3.63) is 18.2 Å². The van der Waals surface area contributed by atoms with E-state index in [1.807, 2.05) is 0 Å². The first-order valence-electron chi connectivity index (χ1n) is 4.57. The molecule has 0 atom stereocenters. The standard InChI is InChI=1S/C9H9NO5S2/c1-16(12,13)6-2-3-8-7(4-6)10-9(11)5-17(8,14)15/h2-4H,5H2,1H3,(H,10,11). The summed E-state index contributed by atoms with van der Waals surface area (Å²) in [4.78, 5) is 11.1. The highest BCUT2D eigenvalue weighted by Crippen LogP contribution is 2.28. The Morgan fingerprint density at radius 1 is 1.29 bits per heavy atom. The van der Waals surface area contributed by atoms with Crippen molar-refractivity contribution >= 4 is 31.3 Å². The largest absolute Gasteiger partial charge is 0.324 e. The maximum Gasteiger partial charge on any atom is 0.239 e. The Morgan fingerprint density at radius 2 is 1.94 bits per heavy atom. The Hall–Kier alpha value is -1.41. The monoisotopic (exact) mass is 275 g/mol. The predicted octanol–water partition coefficient (Wildman–Crippen LogP) is -0.184. The fraction of sp³-hybridized carbons (Fsp3) is 0.222. The van der Waals surface area contributed by atoms with Gasteiger partial charge in [-0.3, -0.25) is 4.79 Å². The van der Waals surface area contributed by atoms with Gasteiger partial charge in [-0.1, -0.05) is 0 Å². The highest BCUT2D eigenvalue weighted by molar-refractivity contribution is 7.92. The third-order valence-corrected chi connectivity index (χ3v) is 5.09. The van der Waals surface area contributed by atoms with Crippen LogP contribution >= 0.6 is 0 Å². The molecule has 6 nitrogen and oxygen atoms in total. The number of anilines is 1. The molecule has 8 heteroatoms. The molecule has 0 bridgehead atoms. The van der Waals surface area contributed by atoms with Gasteiger partial charge in [-0.2, -0.15) is 0 Å². The summed E-state index contributed by atoms with van der Waals surface area (Å²) >= 11 is 0. The van der Waals surface area contributed by atoms with Crippen molar-refractivity contribution in [3.63, 3.8) is 0 Å². The van der Waals surface area contributed by atoms with Gasteiger partial charge in [0.05, 0.1) is 15.5 Å². The molecule has 2 rings (SSSR count). The molecule has 1 aromatic carbocycles. The number of sulfone groups is 2. The molecule has 0 aliphatic carbocycles. The second-order valence-electron chi connectivity index (χ2n) is 3.74. The van der Waals surface area contributed by atoms with Gasteiger partial charge in [-0.25, -0.2) is 16.8 Å². The topological polar surface area (TPSA) is 97.4 Å². The fourth-order valence-corrected chi connectivity index (χ4v) is 3.49. The maximum atomic E-state index is 11.6. The van der Waals surface area contributed by atoms with Gasteiger partial charge in [-0.05, 0) is 18.2 Å². The van der Waals surface area contributed by atoms with Gasteiger partial charge in [0.25, 0.3) is 0 Å². The highest BCUT2D eigenvalue weighted by atomic mass is 32.2. The van der Waals surface area contributed by atoms with Crippen LogP contribution in [0, 0.1) is 0 Å². The third-order valence-electron chi connectivity index (χ3n) is 2.31. The second kappa shape index (κ2) is 3.54. The average molecular weight is 275 g/mol. The predicted molar refractivity (Wildman–Crippen MR) is 60.2 cm³/mol. The number of rotatable bonds is 1. The van der Waals surface area contributed by atoms with Crippen LogP contribution in [0.1, 0.15) is 0 Å². The number of hydrogen-bond donors (Lipinski definition) is 1. The van der Waals surface area contributed by atoms with Gasteiger partial charge in [0.15, 0.2) is 19.7 Å².